The highest BCUT2D eigenvalue weighted by molar-refractivity contribution is 6.30. The first kappa shape index (κ1) is 23.8. The van der Waals surface area contributed by atoms with Gasteiger partial charge in [0.25, 0.3) is 11.8 Å². The fourth-order valence-electron chi connectivity index (χ4n) is 2.62. The molecular formula is C21H23ClN2O7. The molecule has 2 aromatic carbocycles. The summed E-state index contributed by atoms with van der Waals surface area (Å²) in [4.78, 5) is 36.2. The SMILES string of the molecule is COc1cc(C(=O)NCC(=O)OCC(=O)Nc2ccc(Cl)cc2C)cc(OC)c1OC. The molecule has 10 heteroatoms. The lowest BCUT2D eigenvalue weighted by Gasteiger charge is -2.14. The molecule has 0 aliphatic heterocycles. The Morgan fingerprint density at radius 3 is 2.16 bits per heavy atom. The van der Waals surface area contributed by atoms with Crippen LogP contribution < -0.4 is 24.8 Å². The summed E-state index contributed by atoms with van der Waals surface area (Å²) < 4.78 is 20.5. The van der Waals surface area contributed by atoms with Gasteiger partial charge in [0, 0.05) is 16.3 Å². The van der Waals surface area contributed by atoms with Crippen LogP contribution in [0.25, 0.3) is 0 Å². The third kappa shape index (κ3) is 6.51. The van der Waals surface area contributed by atoms with Gasteiger partial charge in [0.2, 0.25) is 5.75 Å². The Balaban J connectivity index is 1.88. The van der Waals surface area contributed by atoms with E-state index < -0.39 is 30.9 Å². The summed E-state index contributed by atoms with van der Waals surface area (Å²) in [5.41, 5.74) is 1.52. The number of methoxy groups -OCH3 is 3. The van der Waals surface area contributed by atoms with E-state index in [0.29, 0.717) is 28.0 Å². The molecule has 0 unspecified atom stereocenters. The van der Waals surface area contributed by atoms with Crippen LogP contribution in [-0.2, 0) is 14.3 Å². The second-order valence-electron chi connectivity index (χ2n) is 6.26. The van der Waals surface area contributed by atoms with Crippen molar-refractivity contribution < 1.29 is 33.3 Å². The molecule has 0 bridgehead atoms. The number of ether oxygens (including phenoxy) is 4. The van der Waals surface area contributed by atoms with Crippen LogP contribution >= 0.6 is 11.6 Å². The first-order valence-electron chi connectivity index (χ1n) is 9.08. The van der Waals surface area contributed by atoms with Gasteiger partial charge in [0.15, 0.2) is 18.1 Å². The molecule has 0 spiro atoms. The van der Waals surface area contributed by atoms with Crippen molar-refractivity contribution in [2.75, 3.05) is 39.8 Å². The summed E-state index contributed by atoms with van der Waals surface area (Å²) in [5.74, 6) is -0.925. The van der Waals surface area contributed by atoms with Crippen molar-refractivity contribution >= 4 is 35.1 Å². The lowest BCUT2D eigenvalue weighted by molar-refractivity contribution is -0.146. The second kappa shape index (κ2) is 11.1. The summed E-state index contributed by atoms with van der Waals surface area (Å²) in [6, 6.07) is 7.87. The molecular weight excluding hydrogens is 428 g/mol. The largest absolute Gasteiger partial charge is 0.493 e. The lowest BCUT2D eigenvalue weighted by atomic mass is 10.1. The number of aryl methyl sites for hydroxylation is 1. The number of anilines is 1. The summed E-state index contributed by atoms with van der Waals surface area (Å²) in [6.07, 6.45) is 0. The Kier molecular flexibility index (Phi) is 8.51. The van der Waals surface area contributed by atoms with Gasteiger partial charge in [0.1, 0.15) is 6.54 Å². The Labute approximate surface area is 184 Å². The number of carbonyl (C=O) groups excluding carboxylic acids is 3. The number of halogens is 1. The first-order valence-corrected chi connectivity index (χ1v) is 9.46. The van der Waals surface area contributed by atoms with Crippen LogP contribution in [0.4, 0.5) is 5.69 Å². The molecule has 0 aliphatic rings. The molecule has 0 aromatic heterocycles. The Morgan fingerprint density at radius 1 is 0.968 bits per heavy atom. The number of nitrogens with one attached hydrogen (secondary N) is 2. The molecule has 2 N–H and O–H groups in total. The number of carbonyl (C=O) groups is 3. The van der Waals surface area contributed by atoms with Gasteiger partial charge < -0.3 is 29.6 Å². The fourth-order valence-corrected chi connectivity index (χ4v) is 2.84. The van der Waals surface area contributed by atoms with Crippen molar-refractivity contribution in [2.24, 2.45) is 0 Å². The van der Waals surface area contributed by atoms with Crippen molar-refractivity contribution in [3.05, 3.63) is 46.5 Å². The minimum absolute atomic E-state index is 0.193. The summed E-state index contributed by atoms with van der Waals surface area (Å²) in [6.45, 7) is 0.857. The molecule has 0 atom stereocenters. The maximum absolute atomic E-state index is 12.4. The predicted octanol–water partition coefficient (Wildman–Crippen LogP) is 2.59. The normalized spacial score (nSPS) is 10.1. The molecule has 0 saturated heterocycles. The van der Waals surface area contributed by atoms with Crippen molar-refractivity contribution in [3.8, 4) is 17.2 Å². The Bertz CT molecular complexity index is 953. The maximum atomic E-state index is 12.4. The molecule has 2 aromatic rings. The van der Waals surface area contributed by atoms with Crippen LogP contribution in [-0.4, -0.2) is 52.3 Å². The lowest BCUT2D eigenvalue weighted by Crippen LogP contribution is -2.32. The fraction of sp³-hybridized carbons (Fsp3) is 0.286. The number of amides is 2. The number of esters is 1. The summed E-state index contributed by atoms with van der Waals surface area (Å²) in [5, 5.41) is 5.58. The first-order chi connectivity index (χ1) is 14.8. The molecule has 0 radical (unpaired) electrons. The van der Waals surface area contributed by atoms with Gasteiger partial charge in [0.05, 0.1) is 21.3 Å². The van der Waals surface area contributed by atoms with E-state index in [2.05, 4.69) is 10.6 Å². The third-order valence-corrected chi connectivity index (χ3v) is 4.38. The zero-order valence-corrected chi connectivity index (χ0v) is 18.3. The summed E-state index contributed by atoms with van der Waals surface area (Å²) >= 11 is 5.87. The minimum atomic E-state index is -0.774. The standard InChI is InChI=1S/C21H23ClN2O7/c1-12-7-14(22)5-6-15(12)24-18(25)11-31-19(26)10-23-21(27)13-8-16(28-2)20(30-4)17(9-13)29-3/h5-9H,10-11H2,1-4H3,(H,23,27)(H,24,25). The number of hydrogen-bond acceptors (Lipinski definition) is 7. The highest BCUT2D eigenvalue weighted by Gasteiger charge is 2.18. The van der Waals surface area contributed by atoms with E-state index in [9.17, 15) is 14.4 Å². The topological polar surface area (TPSA) is 112 Å². The van der Waals surface area contributed by atoms with Crippen LogP contribution in [0.15, 0.2) is 30.3 Å². The monoisotopic (exact) mass is 450 g/mol. The molecule has 0 fully saturated rings. The molecule has 2 rings (SSSR count). The summed E-state index contributed by atoms with van der Waals surface area (Å²) in [7, 11) is 4.29. The molecule has 166 valence electrons. The number of hydrogen-bond donors (Lipinski definition) is 2. The molecule has 0 aliphatic carbocycles. The van der Waals surface area contributed by atoms with E-state index in [1.807, 2.05) is 0 Å². The van der Waals surface area contributed by atoms with Crippen molar-refractivity contribution in [2.45, 2.75) is 6.92 Å². The van der Waals surface area contributed by atoms with E-state index >= 15 is 0 Å². The van der Waals surface area contributed by atoms with E-state index in [1.165, 1.54) is 33.5 Å². The molecule has 0 saturated carbocycles. The smallest absolute Gasteiger partial charge is 0.325 e. The van der Waals surface area contributed by atoms with Gasteiger partial charge in [-0.2, -0.15) is 0 Å². The molecule has 0 heterocycles. The average molecular weight is 451 g/mol. The van der Waals surface area contributed by atoms with Crippen LogP contribution in [0.2, 0.25) is 5.02 Å². The van der Waals surface area contributed by atoms with E-state index in [-0.39, 0.29) is 5.56 Å². The van der Waals surface area contributed by atoms with Crippen LogP contribution in [0.1, 0.15) is 15.9 Å². The van der Waals surface area contributed by atoms with Gasteiger partial charge in [-0.05, 0) is 42.8 Å². The van der Waals surface area contributed by atoms with Gasteiger partial charge in [-0.1, -0.05) is 11.6 Å². The van der Waals surface area contributed by atoms with Crippen molar-refractivity contribution in [1.82, 2.24) is 5.32 Å². The Morgan fingerprint density at radius 2 is 1.61 bits per heavy atom. The number of rotatable bonds is 9. The molecule has 2 amide bonds. The van der Waals surface area contributed by atoms with Crippen LogP contribution in [0, 0.1) is 6.92 Å². The number of benzene rings is 2. The maximum Gasteiger partial charge on any atom is 0.325 e. The van der Waals surface area contributed by atoms with Crippen LogP contribution in [0.5, 0.6) is 17.2 Å². The Hall–Kier alpha value is -3.46. The van der Waals surface area contributed by atoms with Gasteiger partial charge >= 0.3 is 5.97 Å². The molecule has 31 heavy (non-hydrogen) atoms. The van der Waals surface area contributed by atoms with Gasteiger partial charge in [-0.3, -0.25) is 14.4 Å². The zero-order chi connectivity index (χ0) is 23.0. The average Bonchev–Trinajstić information content (AvgIpc) is 2.76. The minimum Gasteiger partial charge on any atom is -0.493 e. The van der Waals surface area contributed by atoms with E-state index in [0.717, 1.165) is 5.56 Å². The third-order valence-electron chi connectivity index (χ3n) is 4.15. The highest BCUT2D eigenvalue weighted by atomic mass is 35.5. The van der Waals surface area contributed by atoms with Gasteiger partial charge in [-0.25, -0.2) is 0 Å². The van der Waals surface area contributed by atoms with E-state index in [4.69, 9.17) is 30.5 Å². The highest BCUT2D eigenvalue weighted by Crippen LogP contribution is 2.38. The molecule has 9 nitrogen and oxygen atoms in total. The second-order valence-corrected chi connectivity index (χ2v) is 6.70. The quantitative estimate of drug-likeness (QED) is 0.564. The van der Waals surface area contributed by atoms with E-state index in [1.54, 1.807) is 25.1 Å². The predicted molar refractivity (Wildman–Crippen MR) is 114 cm³/mol. The van der Waals surface area contributed by atoms with Crippen molar-refractivity contribution in [3.63, 3.8) is 0 Å². The zero-order valence-electron chi connectivity index (χ0n) is 17.5. The van der Waals surface area contributed by atoms with Gasteiger partial charge in [-0.15, -0.1) is 0 Å². The van der Waals surface area contributed by atoms with Crippen LogP contribution in [0.3, 0.4) is 0 Å². The van der Waals surface area contributed by atoms with Crippen molar-refractivity contribution in [1.29, 1.82) is 0 Å².